The lowest BCUT2D eigenvalue weighted by Crippen LogP contribution is -2.49. The number of nitrogens with zero attached hydrogens (tertiary/aromatic N) is 2. The predicted octanol–water partition coefficient (Wildman–Crippen LogP) is 1.92. The van der Waals surface area contributed by atoms with Crippen molar-refractivity contribution in [2.45, 2.75) is 57.4 Å². The summed E-state index contributed by atoms with van der Waals surface area (Å²) in [5.74, 6) is 0.215. The van der Waals surface area contributed by atoms with Crippen LogP contribution in [-0.4, -0.2) is 52.9 Å². The molecule has 2 heterocycles. The van der Waals surface area contributed by atoms with Crippen LogP contribution in [0.4, 0.5) is 0 Å². The van der Waals surface area contributed by atoms with Crippen LogP contribution in [0.5, 0.6) is 0 Å². The molecule has 118 valence electrons. The zero-order valence-electron chi connectivity index (χ0n) is 12.9. The van der Waals surface area contributed by atoms with Gasteiger partial charge in [-0.15, -0.1) is 0 Å². The van der Waals surface area contributed by atoms with E-state index in [0.717, 1.165) is 45.2 Å². The minimum Gasteiger partial charge on any atom is -0.392 e. The van der Waals surface area contributed by atoms with E-state index in [0.29, 0.717) is 11.0 Å². The van der Waals surface area contributed by atoms with Gasteiger partial charge < -0.3 is 10.6 Å². The normalized spacial score (nSPS) is 29.7. The first kappa shape index (κ1) is 15.2. The molecule has 2 saturated heterocycles. The average molecular weight is 309 g/mol. The third-order valence-corrected chi connectivity index (χ3v) is 6.09. The van der Waals surface area contributed by atoms with Crippen LogP contribution >= 0.6 is 12.2 Å². The molecule has 0 aromatic rings. The highest BCUT2D eigenvalue weighted by molar-refractivity contribution is 7.80. The van der Waals surface area contributed by atoms with Crippen molar-refractivity contribution in [1.82, 2.24) is 9.80 Å². The minimum absolute atomic E-state index is 0.215. The number of amides is 1. The zero-order chi connectivity index (χ0) is 14.9. The summed E-state index contributed by atoms with van der Waals surface area (Å²) < 4.78 is 0. The van der Waals surface area contributed by atoms with E-state index in [4.69, 9.17) is 18.0 Å². The number of rotatable bonds is 3. The van der Waals surface area contributed by atoms with Crippen LogP contribution in [0.2, 0.25) is 0 Å². The Morgan fingerprint density at radius 3 is 2.33 bits per heavy atom. The molecule has 21 heavy (non-hydrogen) atoms. The van der Waals surface area contributed by atoms with Gasteiger partial charge in [0.25, 0.3) is 0 Å². The van der Waals surface area contributed by atoms with E-state index in [1.54, 1.807) is 0 Å². The first-order chi connectivity index (χ1) is 10.1. The quantitative estimate of drug-likeness (QED) is 0.809. The van der Waals surface area contributed by atoms with Crippen molar-refractivity contribution in [2.75, 3.05) is 26.2 Å². The van der Waals surface area contributed by atoms with Crippen LogP contribution in [0.3, 0.4) is 0 Å². The minimum atomic E-state index is -0.522. The molecule has 5 heteroatoms. The standard InChI is InChI=1S/C16H27N3OS/c17-14(21)16(7-2-3-8-16)15(20)19-11-6-13(12-19)18-9-4-1-5-10-18/h13H,1-12H2,(H2,17,21). The maximum atomic E-state index is 13.0. The second-order valence-electron chi connectivity index (χ2n) is 6.94. The first-order valence-corrected chi connectivity index (χ1v) is 8.88. The second kappa shape index (κ2) is 6.21. The van der Waals surface area contributed by atoms with Crippen LogP contribution in [0.1, 0.15) is 51.4 Å². The van der Waals surface area contributed by atoms with Crippen molar-refractivity contribution in [1.29, 1.82) is 0 Å². The topological polar surface area (TPSA) is 49.6 Å². The molecule has 1 amide bonds. The Morgan fingerprint density at radius 2 is 1.71 bits per heavy atom. The Morgan fingerprint density at radius 1 is 1.05 bits per heavy atom. The summed E-state index contributed by atoms with van der Waals surface area (Å²) in [7, 11) is 0. The van der Waals surface area contributed by atoms with Crippen molar-refractivity contribution in [2.24, 2.45) is 11.1 Å². The summed E-state index contributed by atoms with van der Waals surface area (Å²) in [5, 5.41) is 0. The average Bonchev–Trinajstić information content (AvgIpc) is 3.18. The lowest BCUT2D eigenvalue weighted by Gasteiger charge is -2.34. The highest BCUT2D eigenvalue weighted by atomic mass is 32.1. The van der Waals surface area contributed by atoms with Gasteiger partial charge in [0.1, 0.15) is 0 Å². The van der Waals surface area contributed by atoms with E-state index in [1.165, 1.54) is 32.4 Å². The molecule has 2 N–H and O–H groups in total. The van der Waals surface area contributed by atoms with E-state index in [1.807, 2.05) is 4.90 Å². The monoisotopic (exact) mass is 309 g/mol. The summed E-state index contributed by atoms with van der Waals surface area (Å²) in [5.41, 5.74) is 5.43. The lowest BCUT2D eigenvalue weighted by atomic mass is 9.84. The molecule has 0 aromatic heterocycles. The number of nitrogens with two attached hydrogens (primary N) is 1. The molecular weight excluding hydrogens is 282 g/mol. The summed E-state index contributed by atoms with van der Waals surface area (Å²) in [6.07, 6.45) is 8.94. The van der Waals surface area contributed by atoms with E-state index < -0.39 is 5.41 Å². The van der Waals surface area contributed by atoms with Crippen LogP contribution in [0.25, 0.3) is 0 Å². The third kappa shape index (κ3) is 2.82. The van der Waals surface area contributed by atoms with Gasteiger partial charge in [0.15, 0.2) is 0 Å². The fourth-order valence-electron chi connectivity index (χ4n) is 4.35. The van der Waals surface area contributed by atoms with Crippen LogP contribution in [0.15, 0.2) is 0 Å². The van der Waals surface area contributed by atoms with Crippen molar-refractivity contribution in [3.63, 3.8) is 0 Å². The van der Waals surface area contributed by atoms with Crippen LogP contribution < -0.4 is 5.73 Å². The molecule has 0 spiro atoms. The number of hydrogen-bond donors (Lipinski definition) is 1. The molecule has 1 aliphatic carbocycles. The van der Waals surface area contributed by atoms with Gasteiger partial charge in [0.2, 0.25) is 5.91 Å². The van der Waals surface area contributed by atoms with Crippen molar-refractivity contribution >= 4 is 23.1 Å². The van der Waals surface area contributed by atoms with E-state index in [9.17, 15) is 4.79 Å². The Hall–Kier alpha value is -0.680. The number of hydrogen-bond acceptors (Lipinski definition) is 3. The lowest BCUT2D eigenvalue weighted by molar-refractivity contribution is -0.137. The molecule has 3 rings (SSSR count). The van der Waals surface area contributed by atoms with E-state index >= 15 is 0 Å². The van der Waals surface area contributed by atoms with Gasteiger partial charge in [-0.25, -0.2) is 0 Å². The first-order valence-electron chi connectivity index (χ1n) is 8.47. The van der Waals surface area contributed by atoms with Gasteiger partial charge in [-0.05, 0) is 45.2 Å². The molecule has 0 aromatic carbocycles. The molecule has 1 saturated carbocycles. The molecule has 3 fully saturated rings. The van der Waals surface area contributed by atoms with Crippen molar-refractivity contribution in [3.05, 3.63) is 0 Å². The SMILES string of the molecule is NC(=S)C1(C(=O)N2CCC(N3CCCCC3)C2)CCCC1. The molecule has 0 bridgehead atoms. The molecule has 0 radical (unpaired) electrons. The molecule has 3 aliphatic rings. The number of carbonyl (C=O) groups excluding carboxylic acids is 1. The smallest absolute Gasteiger partial charge is 0.235 e. The fourth-order valence-corrected chi connectivity index (χ4v) is 4.65. The van der Waals surface area contributed by atoms with Crippen LogP contribution in [0, 0.1) is 5.41 Å². The summed E-state index contributed by atoms with van der Waals surface area (Å²) >= 11 is 5.25. The summed E-state index contributed by atoms with van der Waals surface area (Å²) in [4.78, 5) is 18.0. The highest BCUT2D eigenvalue weighted by Crippen LogP contribution is 2.41. The number of piperidine rings is 1. The van der Waals surface area contributed by atoms with Gasteiger partial charge in [0.05, 0.1) is 10.4 Å². The highest BCUT2D eigenvalue weighted by Gasteiger charge is 2.47. The molecule has 4 nitrogen and oxygen atoms in total. The Kier molecular flexibility index (Phi) is 4.50. The van der Waals surface area contributed by atoms with E-state index in [2.05, 4.69) is 4.90 Å². The molecular formula is C16H27N3OS. The van der Waals surface area contributed by atoms with E-state index in [-0.39, 0.29) is 5.91 Å². The Bertz CT molecular complexity index is 414. The Balaban J connectivity index is 1.65. The summed E-state index contributed by atoms with van der Waals surface area (Å²) in [6.45, 7) is 4.16. The van der Waals surface area contributed by atoms with Gasteiger partial charge in [-0.3, -0.25) is 9.69 Å². The maximum Gasteiger partial charge on any atom is 0.235 e. The Labute approximate surface area is 133 Å². The number of carbonyl (C=O) groups is 1. The number of likely N-dealkylation sites (tertiary alicyclic amines) is 2. The predicted molar refractivity (Wildman–Crippen MR) is 88.1 cm³/mol. The molecule has 2 aliphatic heterocycles. The van der Waals surface area contributed by atoms with Gasteiger partial charge in [0, 0.05) is 19.1 Å². The number of thiocarbonyl (C=S) groups is 1. The maximum absolute atomic E-state index is 13.0. The van der Waals surface area contributed by atoms with Gasteiger partial charge in [-0.2, -0.15) is 0 Å². The summed E-state index contributed by atoms with van der Waals surface area (Å²) in [6, 6.07) is 0.555. The van der Waals surface area contributed by atoms with Gasteiger partial charge >= 0.3 is 0 Å². The zero-order valence-corrected chi connectivity index (χ0v) is 13.7. The third-order valence-electron chi connectivity index (χ3n) is 5.70. The molecule has 1 atom stereocenters. The molecule has 1 unspecified atom stereocenters. The van der Waals surface area contributed by atoms with Crippen molar-refractivity contribution in [3.8, 4) is 0 Å². The van der Waals surface area contributed by atoms with Gasteiger partial charge in [-0.1, -0.05) is 31.5 Å². The van der Waals surface area contributed by atoms with Crippen LogP contribution in [-0.2, 0) is 4.79 Å². The second-order valence-corrected chi connectivity index (χ2v) is 7.38. The largest absolute Gasteiger partial charge is 0.392 e. The van der Waals surface area contributed by atoms with Crippen molar-refractivity contribution < 1.29 is 4.79 Å². The fraction of sp³-hybridized carbons (Fsp3) is 0.875.